The molecule has 0 N–H and O–H groups in total. The molecule has 334 valence electrons. The molecule has 2 heterocycles. The van der Waals surface area contributed by atoms with Crippen molar-refractivity contribution in [3.63, 3.8) is 0 Å². The number of fused-ring (bicyclic) bond motifs is 10. The first-order chi connectivity index (χ1) is 33.4. The molecule has 0 fully saturated rings. The Hall–Kier alpha value is -7.60. The average molecular weight is 909 g/mol. The molecule has 4 nitrogen and oxygen atoms in total. The van der Waals surface area contributed by atoms with Crippen LogP contribution in [0.3, 0.4) is 0 Å². The van der Waals surface area contributed by atoms with Crippen molar-refractivity contribution in [3.05, 3.63) is 234 Å². The fraction of sp³-hybridized carbons (Fsp3) is 0.141. The summed E-state index contributed by atoms with van der Waals surface area (Å²) in [5.74, 6) is 1.93. The monoisotopic (exact) mass is 908 g/mol. The number of nitrogens with zero attached hydrogens (tertiary/aromatic N) is 4. The van der Waals surface area contributed by atoms with Crippen molar-refractivity contribution in [3.8, 4) is 56.4 Å². The minimum absolute atomic E-state index is 0.0417. The van der Waals surface area contributed by atoms with E-state index in [9.17, 15) is 0 Å². The normalized spacial score (nSPS) is 13.5. The number of thiol groups is 1. The summed E-state index contributed by atoms with van der Waals surface area (Å²) in [4.78, 5) is 18.6. The Labute approximate surface area is 410 Å². The number of aromatic nitrogens is 3. The van der Waals surface area contributed by atoms with E-state index in [2.05, 4.69) is 247 Å². The molecule has 0 amide bonds. The van der Waals surface area contributed by atoms with E-state index in [1.165, 1.54) is 55.9 Å². The van der Waals surface area contributed by atoms with Crippen LogP contribution in [0.5, 0.6) is 0 Å². The standard InChI is InChI=1S/C64H52N4S/c1-62(2,3)45-32-27-42(28-33-45)60-65-59(66-61(67-60)43-29-34-46(35-30-43)63(4,5)6)41-25-23-40(24-26-41)48-37-31-44-39-47(36-38-49(44)58(48)69)68-56-21-13-11-19-54(56)64(55-20-12-14-22-57(55)68)52-17-9-7-15-50(52)51-16-8-10-18-53(51)64/h7-39,69H,1-6H3. The molecule has 12 rings (SSSR count). The zero-order valence-corrected chi connectivity index (χ0v) is 40.7. The lowest BCUT2D eigenvalue weighted by atomic mass is 9.64. The molecule has 1 aromatic heterocycles. The van der Waals surface area contributed by atoms with E-state index >= 15 is 0 Å². The highest BCUT2D eigenvalue weighted by Crippen LogP contribution is 2.63. The summed E-state index contributed by atoms with van der Waals surface area (Å²) in [6.45, 7) is 13.4. The largest absolute Gasteiger partial charge is 0.310 e. The van der Waals surface area contributed by atoms with Crippen LogP contribution in [0.2, 0.25) is 0 Å². The van der Waals surface area contributed by atoms with Crippen molar-refractivity contribution in [2.24, 2.45) is 0 Å². The van der Waals surface area contributed by atoms with Crippen molar-refractivity contribution in [1.29, 1.82) is 0 Å². The molecule has 10 aromatic rings. The molecule has 0 unspecified atom stereocenters. The van der Waals surface area contributed by atoms with Crippen LogP contribution in [0.4, 0.5) is 17.1 Å². The molecular weight excluding hydrogens is 857 g/mol. The van der Waals surface area contributed by atoms with Gasteiger partial charge in [0.1, 0.15) is 0 Å². The predicted octanol–water partition coefficient (Wildman–Crippen LogP) is 16.7. The van der Waals surface area contributed by atoms with Gasteiger partial charge in [0.2, 0.25) is 0 Å². The number of hydrogen-bond donors (Lipinski definition) is 1. The lowest BCUT2D eigenvalue weighted by molar-refractivity contribution is 0.590. The van der Waals surface area contributed by atoms with Gasteiger partial charge in [-0.3, -0.25) is 0 Å². The van der Waals surface area contributed by atoms with E-state index in [0.717, 1.165) is 49.2 Å². The van der Waals surface area contributed by atoms with E-state index in [1.54, 1.807) is 0 Å². The van der Waals surface area contributed by atoms with Gasteiger partial charge in [-0.1, -0.05) is 217 Å². The Bertz CT molecular complexity index is 3460. The van der Waals surface area contributed by atoms with Gasteiger partial charge in [0.25, 0.3) is 0 Å². The summed E-state index contributed by atoms with van der Waals surface area (Å²) < 4.78 is 0. The van der Waals surface area contributed by atoms with Crippen LogP contribution in [0.25, 0.3) is 67.2 Å². The zero-order chi connectivity index (χ0) is 47.2. The van der Waals surface area contributed by atoms with Crippen molar-refractivity contribution in [2.75, 3.05) is 4.90 Å². The Morgan fingerprint density at radius 3 is 1.26 bits per heavy atom. The third-order valence-electron chi connectivity index (χ3n) is 14.4. The maximum atomic E-state index is 5.24. The first-order valence-corrected chi connectivity index (χ1v) is 24.4. The van der Waals surface area contributed by atoms with Crippen LogP contribution in [0.1, 0.15) is 74.9 Å². The molecule has 0 saturated heterocycles. The summed E-state index contributed by atoms with van der Waals surface area (Å²) in [5.41, 5.74) is 18.4. The minimum Gasteiger partial charge on any atom is -0.310 e. The van der Waals surface area contributed by atoms with Crippen LogP contribution in [-0.2, 0) is 16.2 Å². The number of rotatable bonds is 5. The molecular formula is C64H52N4S. The number of benzene rings is 9. The first-order valence-electron chi connectivity index (χ1n) is 23.9. The highest BCUT2D eigenvalue weighted by atomic mass is 32.1. The lowest BCUT2D eigenvalue weighted by Crippen LogP contribution is -2.36. The molecule has 1 aliphatic heterocycles. The van der Waals surface area contributed by atoms with Crippen LogP contribution in [0, 0.1) is 0 Å². The number of para-hydroxylation sites is 2. The predicted molar refractivity (Wildman–Crippen MR) is 289 cm³/mol. The Morgan fingerprint density at radius 2 is 0.797 bits per heavy atom. The molecule has 1 aliphatic carbocycles. The van der Waals surface area contributed by atoms with Crippen molar-refractivity contribution < 1.29 is 0 Å². The number of hydrogen-bond acceptors (Lipinski definition) is 5. The highest BCUT2D eigenvalue weighted by Gasteiger charge is 2.51. The molecule has 69 heavy (non-hydrogen) atoms. The second-order valence-corrected chi connectivity index (χ2v) is 21.1. The van der Waals surface area contributed by atoms with Gasteiger partial charge in [-0.05, 0) is 102 Å². The SMILES string of the molecule is CC(C)(C)c1ccc(-c2nc(-c3ccc(-c4ccc5cc(N6c7ccccc7C7(c8ccccc8-c8ccccc87)c7ccccc76)ccc5c4S)cc3)nc(-c3ccc(C(C)(C)C)cc3)n2)cc1. The second kappa shape index (κ2) is 16.0. The van der Waals surface area contributed by atoms with Gasteiger partial charge in [-0.25, -0.2) is 15.0 Å². The van der Waals surface area contributed by atoms with Gasteiger partial charge in [0.15, 0.2) is 17.5 Å². The van der Waals surface area contributed by atoms with E-state index in [-0.39, 0.29) is 10.8 Å². The van der Waals surface area contributed by atoms with E-state index in [1.807, 2.05) is 0 Å². The molecule has 0 atom stereocenters. The molecule has 2 aliphatic rings. The molecule has 9 aromatic carbocycles. The van der Waals surface area contributed by atoms with Crippen LogP contribution in [0.15, 0.2) is 205 Å². The quantitative estimate of drug-likeness (QED) is 0.175. The highest BCUT2D eigenvalue weighted by molar-refractivity contribution is 7.80. The van der Waals surface area contributed by atoms with E-state index in [4.69, 9.17) is 27.6 Å². The zero-order valence-electron chi connectivity index (χ0n) is 39.8. The molecule has 1 spiro atoms. The minimum atomic E-state index is -0.443. The van der Waals surface area contributed by atoms with Crippen molar-refractivity contribution in [1.82, 2.24) is 15.0 Å². The van der Waals surface area contributed by atoms with Gasteiger partial charge < -0.3 is 4.90 Å². The summed E-state index contributed by atoms with van der Waals surface area (Å²) in [7, 11) is 0. The van der Waals surface area contributed by atoms with E-state index in [0.29, 0.717) is 17.5 Å². The van der Waals surface area contributed by atoms with Gasteiger partial charge in [-0.2, -0.15) is 0 Å². The maximum absolute atomic E-state index is 5.24. The molecule has 0 saturated carbocycles. The molecule has 0 bridgehead atoms. The third kappa shape index (κ3) is 6.93. The Kier molecular flexibility index (Phi) is 9.91. The van der Waals surface area contributed by atoms with Crippen molar-refractivity contribution in [2.45, 2.75) is 62.7 Å². The van der Waals surface area contributed by atoms with E-state index < -0.39 is 5.41 Å². The second-order valence-electron chi connectivity index (χ2n) is 20.6. The van der Waals surface area contributed by atoms with Gasteiger partial charge >= 0.3 is 0 Å². The summed E-state index contributed by atoms with van der Waals surface area (Å²) in [6, 6.07) is 72.8. The molecule has 5 heteroatoms. The topological polar surface area (TPSA) is 41.9 Å². The van der Waals surface area contributed by atoms with Gasteiger partial charge in [0.05, 0.1) is 16.8 Å². The lowest BCUT2D eigenvalue weighted by Gasteiger charge is -2.45. The van der Waals surface area contributed by atoms with Crippen LogP contribution < -0.4 is 4.90 Å². The first kappa shape index (κ1) is 42.7. The third-order valence-corrected chi connectivity index (χ3v) is 14.9. The Balaban J connectivity index is 0.905. The van der Waals surface area contributed by atoms with Gasteiger partial charge in [0, 0.05) is 27.3 Å². The average Bonchev–Trinajstić information content (AvgIpc) is 3.66. The Morgan fingerprint density at radius 1 is 0.391 bits per heavy atom. The van der Waals surface area contributed by atoms with Crippen molar-refractivity contribution >= 4 is 40.5 Å². The fourth-order valence-corrected chi connectivity index (χ4v) is 11.2. The van der Waals surface area contributed by atoms with Gasteiger partial charge in [-0.15, -0.1) is 12.6 Å². The molecule has 0 radical (unpaired) electrons. The smallest absolute Gasteiger partial charge is 0.164 e. The summed E-state index contributed by atoms with van der Waals surface area (Å²) in [6.07, 6.45) is 0. The summed E-state index contributed by atoms with van der Waals surface area (Å²) >= 11 is 5.24. The van der Waals surface area contributed by atoms with Crippen LogP contribution >= 0.6 is 12.6 Å². The summed E-state index contributed by atoms with van der Waals surface area (Å²) in [5, 5.41) is 2.22. The maximum Gasteiger partial charge on any atom is 0.164 e. The van der Waals surface area contributed by atoms with Crippen LogP contribution in [-0.4, -0.2) is 15.0 Å². The number of anilines is 3. The fourth-order valence-electron chi connectivity index (χ4n) is 10.8.